The van der Waals surface area contributed by atoms with Gasteiger partial charge in [0.05, 0.1) is 0 Å². The van der Waals surface area contributed by atoms with Crippen molar-refractivity contribution in [1.29, 1.82) is 0 Å². The first-order valence-corrected chi connectivity index (χ1v) is 7.60. The number of Topliss-reactive ketones (excluding diaryl/α,β-unsaturated/α-hetero) is 1. The lowest BCUT2D eigenvalue weighted by atomic mass is 9.99. The van der Waals surface area contributed by atoms with Gasteiger partial charge in [0.2, 0.25) is 0 Å². The number of piperidine rings is 1. The Balaban J connectivity index is 1.76. The molecule has 0 saturated carbocycles. The predicted octanol–water partition coefficient (Wildman–Crippen LogP) is 2.30. The summed E-state index contributed by atoms with van der Waals surface area (Å²) in [4.78, 5) is 16.4. The topological polar surface area (TPSA) is 23.6 Å². The van der Waals surface area contributed by atoms with Crippen LogP contribution in [-0.4, -0.2) is 54.3 Å². The third-order valence-corrected chi connectivity index (χ3v) is 4.69. The molecular formula is C15H28N2O. The summed E-state index contributed by atoms with van der Waals surface area (Å²) in [5.74, 6) is 0.349. The second kappa shape index (κ2) is 6.67. The van der Waals surface area contributed by atoms with Gasteiger partial charge in [-0.25, -0.2) is 0 Å². The molecule has 0 radical (unpaired) electrons. The minimum absolute atomic E-state index is 0.349. The summed E-state index contributed by atoms with van der Waals surface area (Å²) in [5, 5.41) is 0. The summed E-state index contributed by atoms with van der Waals surface area (Å²) in [5.41, 5.74) is 0. The van der Waals surface area contributed by atoms with Gasteiger partial charge in [-0.2, -0.15) is 0 Å². The molecule has 0 aromatic carbocycles. The molecule has 0 bridgehead atoms. The first kappa shape index (κ1) is 14.0. The van der Waals surface area contributed by atoms with E-state index in [0.29, 0.717) is 11.8 Å². The quantitative estimate of drug-likeness (QED) is 0.750. The molecule has 0 spiro atoms. The molecule has 104 valence electrons. The maximum atomic E-state index is 11.3. The molecule has 0 aromatic rings. The summed E-state index contributed by atoms with van der Waals surface area (Å²) in [6.07, 6.45) is 8.67. The second-order valence-corrected chi connectivity index (χ2v) is 6.16. The number of ketones is 1. The summed E-state index contributed by atoms with van der Waals surface area (Å²) in [7, 11) is 2.26. The van der Waals surface area contributed by atoms with Crippen LogP contribution in [0.4, 0.5) is 0 Å². The van der Waals surface area contributed by atoms with Crippen molar-refractivity contribution in [2.75, 3.05) is 26.7 Å². The highest BCUT2D eigenvalue weighted by Crippen LogP contribution is 2.23. The van der Waals surface area contributed by atoms with Crippen LogP contribution in [0.2, 0.25) is 0 Å². The van der Waals surface area contributed by atoms with Gasteiger partial charge in [0.15, 0.2) is 0 Å². The molecular weight excluding hydrogens is 224 g/mol. The molecule has 2 aliphatic rings. The van der Waals surface area contributed by atoms with E-state index in [0.717, 1.165) is 12.5 Å². The molecule has 2 fully saturated rings. The van der Waals surface area contributed by atoms with Crippen LogP contribution >= 0.6 is 0 Å². The minimum Gasteiger partial charge on any atom is -0.303 e. The standard InChI is InChI=1S/C15H28N2O/c1-13(18)12-15-7-5-10-17(15)11-8-14-6-3-4-9-16(14)2/h14-15H,3-12H2,1-2H3. The van der Waals surface area contributed by atoms with Gasteiger partial charge in [-0.1, -0.05) is 6.42 Å². The van der Waals surface area contributed by atoms with E-state index in [2.05, 4.69) is 16.8 Å². The molecule has 0 aromatic heterocycles. The zero-order chi connectivity index (χ0) is 13.0. The normalized spacial score (nSPS) is 30.8. The Hall–Kier alpha value is -0.410. The molecule has 2 rings (SSSR count). The van der Waals surface area contributed by atoms with Crippen molar-refractivity contribution < 1.29 is 4.79 Å². The molecule has 2 unspecified atom stereocenters. The SMILES string of the molecule is CC(=O)CC1CCCN1CCC1CCCCN1C. The number of nitrogens with zero attached hydrogens (tertiary/aromatic N) is 2. The number of likely N-dealkylation sites (tertiary alicyclic amines) is 2. The van der Waals surface area contributed by atoms with Crippen molar-refractivity contribution in [3.63, 3.8) is 0 Å². The lowest BCUT2D eigenvalue weighted by molar-refractivity contribution is -0.118. The average Bonchev–Trinajstić information content (AvgIpc) is 2.75. The Labute approximate surface area is 112 Å². The zero-order valence-corrected chi connectivity index (χ0v) is 12.0. The van der Waals surface area contributed by atoms with Crippen molar-refractivity contribution >= 4 is 5.78 Å². The monoisotopic (exact) mass is 252 g/mol. The summed E-state index contributed by atoms with van der Waals surface area (Å²) in [6, 6.07) is 1.31. The molecule has 2 heterocycles. The van der Waals surface area contributed by atoms with E-state index >= 15 is 0 Å². The van der Waals surface area contributed by atoms with Crippen LogP contribution in [0.15, 0.2) is 0 Å². The molecule has 2 atom stereocenters. The van der Waals surface area contributed by atoms with Crippen LogP contribution < -0.4 is 0 Å². The summed E-state index contributed by atoms with van der Waals surface area (Å²) >= 11 is 0. The van der Waals surface area contributed by atoms with Gasteiger partial charge in [-0.15, -0.1) is 0 Å². The van der Waals surface area contributed by atoms with Crippen molar-refractivity contribution in [2.24, 2.45) is 0 Å². The number of hydrogen-bond acceptors (Lipinski definition) is 3. The molecule has 2 saturated heterocycles. The average molecular weight is 252 g/mol. The third-order valence-electron chi connectivity index (χ3n) is 4.69. The van der Waals surface area contributed by atoms with Crippen LogP contribution in [0.5, 0.6) is 0 Å². The summed E-state index contributed by atoms with van der Waals surface area (Å²) in [6.45, 7) is 5.38. The van der Waals surface area contributed by atoms with E-state index in [-0.39, 0.29) is 0 Å². The Bertz CT molecular complexity index is 280. The predicted molar refractivity (Wildman–Crippen MR) is 74.8 cm³/mol. The van der Waals surface area contributed by atoms with Crippen LogP contribution in [-0.2, 0) is 4.79 Å². The maximum Gasteiger partial charge on any atom is 0.131 e. The number of rotatable bonds is 5. The van der Waals surface area contributed by atoms with Gasteiger partial charge >= 0.3 is 0 Å². The van der Waals surface area contributed by atoms with Crippen molar-refractivity contribution in [2.45, 2.75) is 64.0 Å². The van der Waals surface area contributed by atoms with Crippen LogP contribution in [0.1, 0.15) is 51.9 Å². The highest BCUT2D eigenvalue weighted by Gasteiger charge is 2.27. The zero-order valence-electron chi connectivity index (χ0n) is 12.0. The Morgan fingerprint density at radius 2 is 1.89 bits per heavy atom. The smallest absolute Gasteiger partial charge is 0.131 e. The van der Waals surface area contributed by atoms with E-state index in [9.17, 15) is 4.79 Å². The molecule has 0 amide bonds. The molecule has 3 heteroatoms. The molecule has 3 nitrogen and oxygen atoms in total. The molecule has 0 N–H and O–H groups in total. The summed E-state index contributed by atoms with van der Waals surface area (Å²) < 4.78 is 0. The van der Waals surface area contributed by atoms with Gasteiger partial charge in [0.25, 0.3) is 0 Å². The van der Waals surface area contributed by atoms with E-state index in [4.69, 9.17) is 0 Å². The Morgan fingerprint density at radius 1 is 1.11 bits per heavy atom. The first-order chi connectivity index (χ1) is 8.66. The van der Waals surface area contributed by atoms with Crippen molar-refractivity contribution in [1.82, 2.24) is 9.80 Å². The fourth-order valence-corrected chi connectivity index (χ4v) is 3.58. The fourth-order valence-electron chi connectivity index (χ4n) is 3.58. The third kappa shape index (κ3) is 3.79. The number of carbonyl (C=O) groups excluding carboxylic acids is 1. The highest BCUT2D eigenvalue weighted by molar-refractivity contribution is 5.76. The van der Waals surface area contributed by atoms with Gasteiger partial charge in [0, 0.05) is 18.5 Å². The Morgan fingerprint density at radius 3 is 2.61 bits per heavy atom. The van der Waals surface area contributed by atoms with E-state index < -0.39 is 0 Å². The second-order valence-electron chi connectivity index (χ2n) is 6.16. The first-order valence-electron chi connectivity index (χ1n) is 7.60. The van der Waals surface area contributed by atoms with Crippen molar-refractivity contribution in [3.05, 3.63) is 0 Å². The van der Waals surface area contributed by atoms with Gasteiger partial charge in [0.1, 0.15) is 5.78 Å². The minimum atomic E-state index is 0.349. The molecule has 0 aliphatic carbocycles. The van der Waals surface area contributed by atoms with Crippen LogP contribution in [0.3, 0.4) is 0 Å². The lowest BCUT2D eigenvalue weighted by Gasteiger charge is -2.34. The van der Waals surface area contributed by atoms with Gasteiger partial charge in [-0.05, 0) is 65.7 Å². The number of hydrogen-bond donors (Lipinski definition) is 0. The largest absolute Gasteiger partial charge is 0.303 e. The van der Waals surface area contributed by atoms with E-state index in [1.165, 1.54) is 58.2 Å². The Kier molecular flexibility index (Phi) is 5.19. The van der Waals surface area contributed by atoms with Crippen LogP contribution in [0, 0.1) is 0 Å². The maximum absolute atomic E-state index is 11.3. The van der Waals surface area contributed by atoms with Gasteiger partial charge < -0.3 is 4.90 Å². The van der Waals surface area contributed by atoms with E-state index in [1.54, 1.807) is 6.92 Å². The highest BCUT2D eigenvalue weighted by atomic mass is 16.1. The molecule has 18 heavy (non-hydrogen) atoms. The molecule has 2 aliphatic heterocycles. The van der Waals surface area contributed by atoms with Crippen LogP contribution in [0.25, 0.3) is 0 Å². The van der Waals surface area contributed by atoms with Crippen molar-refractivity contribution in [3.8, 4) is 0 Å². The fraction of sp³-hybridized carbons (Fsp3) is 0.933. The van der Waals surface area contributed by atoms with Gasteiger partial charge in [-0.3, -0.25) is 9.69 Å². The number of carbonyl (C=O) groups is 1. The lowest BCUT2D eigenvalue weighted by Crippen LogP contribution is -2.40. The van der Waals surface area contributed by atoms with E-state index in [1.807, 2.05) is 0 Å².